The van der Waals surface area contributed by atoms with Gasteiger partial charge in [-0.2, -0.15) is 0 Å². The summed E-state index contributed by atoms with van der Waals surface area (Å²) in [6, 6.07) is 14.9. The van der Waals surface area contributed by atoms with Gasteiger partial charge in [0.15, 0.2) is 0 Å². The van der Waals surface area contributed by atoms with E-state index in [9.17, 15) is 14.4 Å². The average molecular weight is 803 g/mol. The van der Waals surface area contributed by atoms with Gasteiger partial charge in [-0.15, -0.1) is 0 Å². The number of likely N-dealkylation sites (tertiary alicyclic amines) is 1. The standard InChI is InChI=1S/C41H45Cl2N7O6/c1-40(2,3)56-39(53)50(19-27-12-14-32(51)47-27)18-26-11-13-30(48-38(26)55-5)28-7-6-8-29(34(28)42)37-35(43)36(45-23-46-37)24-9-10-25(31(15-24)54-4)17-49-21-41(22-49)16-33(52)44-20-41/h6-11,13,15,23,27H,12,14,16-22H2,1-5H3,(H,44,52)(H,47,51)/t27-/m0/s1. The molecular formula is C41H45Cl2N7O6. The van der Waals surface area contributed by atoms with E-state index in [1.807, 2.05) is 69.3 Å². The van der Waals surface area contributed by atoms with Crippen LogP contribution in [0.1, 0.15) is 51.2 Å². The Morgan fingerprint density at radius 2 is 1.71 bits per heavy atom. The number of carbonyl (C=O) groups excluding carboxylic acids is 3. The molecule has 15 heteroatoms. The largest absolute Gasteiger partial charge is 0.496 e. The summed E-state index contributed by atoms with van der Waals surface area (Å²) in [6.07, 6.45) is 2.58. The van der Waals surface area contributed by atoms with Crippen molar-refractivity contribution in [2.45, 2.75) is 64.8 Å². The molecule has 2 aromatic carbocycles. The Bertz CT molecular complexity index is 2170. The maximum absolute atomic E-state index is 13.3. The van der Waals surface area contributed by atoms with Crippen molar-refractivity contribution in [3.05, 3.63) is 76.0 Å². The maximum atomic E-state index is 13.3. The first-order valence-electron chi connectivity index (χ1n) is 18.5. The van der Waals surface area contributed by atoms with Crippen LogP contribution < -0.4 is 20.1 Å². The van der Waals surface area contributed by atoms with Gasteiger partial charge in [-0.1, -0.05) is 53.5 Å². The van der Waals surface area contributed by atoms with Crippen LogP contribution in [0.3, 0.4) is 0 Å². The van der Waals surface area contributed by atoms with E-state index in [0.29, 0.717) is 81.3 Å². The van der Waals surface area contributed by atoms with Gasteiger partial charge in [-0.05, 0) is 45.4 Å². The summed E-state index contributed by atoms with van der Waals surface area (Å²) >= 11 is 14.2. The van der Waals surface area contributed by atoms with Crippen LogP contribution >= 0.6 is 23.2 Å². The molecule has 0 bridgehead atoms. The van der Waals surface area contributed by atoms with Crippen LogP contribution in [0.2, 0.25) is 10.0 Å². The van der Waals surface area contributed by atoms with Crippen molar-refractivity contribution in [2.24, 2.45) is 5.41 Å². The molecule has 2 aromatic heterocycles. The fourth-order valence-electron chi connectivity index (χ4n) is 7.66. The van der Waals surface area contributed by atoms with E-state index >= 15 is 0 Å². The van der Waals surface area contributed by atoms with E-state index in [2.05, 4.69) is 25.5 Å². The number of aromatic nitrogens is 3. The number of rotatable bonds is 11. The Labute approximate surface area is 336 Å². The van der Waals surface area contributed by atoms with E-state index in [-0.39, 0.29) is 36.4 Å². The van der Waals surface area contributed by atoms with Crippen molar-refractivity contribution >= 4 is 41.1 Å². The van der Waals surface area contributed by atoms with Crippen molar-refractivity contribution in [3.63, 3.8) is 0 Å². The summed E-state index contributed by atoms with van der Waals surface area (Å²) in [7, 11) is 3.16. The zero-order valence-electron chi connectivity index (χ0n) is 32.1. The third-order valence-corrected chi connectivity index (χ3v) is 11.0. The van der Waals surface area contributed by atoms with E-state index in [1.54, 1.807) is 12.0 Å². The molecule has 13 nitrogen and oxygen atoms in total. The first-order valence-corrected chi connectivity index (χ1v) is 19.3. The fraction of sp³-hybridized carbons (Fsp3) is 0.415. The molecule has 1 spiro atoms. The molecule has 5 heterocycles. The summed E-state index contributed by atoms with van der Waals surface area (Å²) in [5.74, 6) is 1.11. The second kappa shape index (κ2) is 15.9. The highest BCUT2D eigenvalue weighted by Crippen LogP contribution is 2.42. The number of methoxy groups -OCH3 is 2. The number of ether oxygens (including phenoxy) is 3. The number of hydrogen-bond donors (Lipinski definition) is 2. The van der Waals surface area contributed by atoms with Gasteiger partial charge < -0.3 is 29.7 Å². The highest BCUT2D eigenvalue weighted by molar-refractivity contribution is 6.38. The quantitative estimate of drug-likeness (QED) is 0.172. The van der Waals surface area contributed by atoms with Gasteiger partial charge >= 0.3 is 6.09 Å². The Hall–Kier alpha value is -4.98. The van der Waals surface area contributed by atoms with Crippen molar-refractivity contribution in [2.75, 3.05) is 40.4 Å². The number of hydrogen-bond acceptors (Lipinski definition) is 10. The minimum atomic E-state index is -0.705. The summed E-state index contributed by atoms with van der Waals surface area (Å²) in [6.45, 7) is 9.01. The molecule has 3 amide bonds. The van der Waals surface area contributed by atoms with Crippen LogP contribution in [-0.2, 0) is 27.4 Å². The average Bonchev–Trinajstić information content (AvgIpc) is 3.75. The second-order valence-corrected chi connectivity index (χ2v) is 16.5. The lowest BCUT2D eigenvalue weighted by atomic mass is 9.79. The van der Waals surface area contributed by atoms with Crippen LogP contribution in [0, 0.1) is 5.41 Å². The molecule has 3 saturated heterocycles. The lowest BCUT2D eigenvalue weighted by Gasteiger charge is -2.47. The predicted octanol–water partition coefficient (Wildman–Crippen LogP) is 6.53. The van der Waals surface area contributed by atoms with Gasteiger partial charge in [0.2, 0.25) is 17.7 Å². The maximum Gasteiger partial charge on any atom is 0.410 e. The lowest BCUT2D eigenvalue weighted by Crippen LogP contribution is -2.56. The van der Waals surface area contributed by atoms with Gasteiger partial charge in [0.1, 0.15) is 17.7 Å². The van der Waals surface area contributed by atoms with Gasteiger partial charge in [0.05, 0.1) is 47.9 Å². The number of amides is 3. The number of pyridine rings is 1. The first kappa shape index (κ1) is 39.3. The Morgan fingerprint density at radius 1 is 0.964 bits per heavy atom. The molecule has 0 aliphatic carbocycles. The van der Waals surface area contributed by atoms with Gasteiger partial charge in [-0.25, -0.2) is 19.7 Å². The monoisotopic (exact) mass is 801 g/mol. The molecule has 7 rings (SSSR count). The number of nitrogens with zero attached hydrogens (tertiary/aromatic N) is 5. The molecular weight excluding hydrogens is 757 g/mol. The second-order valence-electron chi connectivity index (χ2n) is 15.7. The van der Waals surface area contributed by atoms with Crippen LogP contribution in [-0.4, -0.2) is 94.7 Å². The number of carbonyl (C=O) groups is 3. The minimum absolute atomic E-state index is 0.0370. The molecule has 0 saturated carbocycles. The lowest BCUT2D eigenvalue weighted by molar-refractivity contribution is -0.121. The Balaban J connectivity index is 1.12. The molecule has 0 unspecified atom stereocenters. The van der Waals surface area contributed by atoms with E-state index < -0.39 is 11.7 Å². The van der Waals surface area contributed by atoms with Crippen LogP contribution in [0.5, 0.6) is 11.6 Å². The number of benzene rings is 2. The van der Waals surface area contributed by atoms with Gasteiger partial charge in [0, 0.05) is 84.8 Å². The molecule has 0 radical (unpaired) electrons. The molecule has 3 aliphatic heterocycles. The molecule has 294 valence electrons. The van der Waals surface area contributed by atoms with Crippen molar-refractivity contribution in [1.29, 1.82) is 0 Å². The topological polar surface area (TPSA) is 148 Å². The third-order valence-electron chi connectivity index (χ3n) is 10.3. The molecule has 2 N–H and O–H groups in total. The first-order chi connectivity index (χ1) is 26.7. The van der Waals surface area contributed by atoms with Gasteiger partial charge in [0.25, 0.3) is 0 Å². The van der Waals surface area contributed by atoms with E-state index in [0.717, 1.165) is 30.8 Å². The molecule has 3 aliphatic rings. The number of nitrogens with one attached hydrogen (secondary N) is 2. The minimum Gasteiger partial charge on any atom is -0.496 e. The summed E-state index contributed by atoms with van der Waals surface area (Å²) in [4.78, 5) is 54.8. The zero-order chi connectivity index (χ0) is 39.8. The van der Waals surface area contributed by atoms with Gasteiger partial charge in [-0.3, -0.25) is 14.5 Å². The van der Waals surface area contributed by atoms with Crippen LogP contribution in [0.4, 0.5) is 4.79 Å². The van der Waals surface area contributed by atoms with Crippen molar-refractivity contribution < 1.29 is 28.6 Å². The molecule has 4 aromatic rings. The van der Waals surface area contributed by atoms with Crippen molar-refractivity contribution in [3.8, 4) is 45.4 Å². The summed E-state index contributed by atoms with van der Waals surface area (Å²) in [5.41, 5.74) is 4.51. The molecule has 3 fully saturated rings. The third kappa shape index (κ3) is 8.40. The summed E-state index contributed by atoms with van der Waals surface area (Å²) in [5, 5.41) is 6.59. The van der Waals surface area contributed by atoms with Crippen LogP contribution in [0.25, 0.3) is 33.8 Å². The SMILES string of the molecule is COc1cc(-c2ncnc(-c3cccc(-c4ccc(CN(C[C@@H]5CCC(=O)N5)C(=O)OC(C)(C)C)c(OC)n4)c3Cl)c2Cl)ccc1CN1CC2(CNC(=O)C2)C1. The van der Waals surface area contributed by atoms with Crippen molar-refractivity contribution in [1.82, 2.24) is 35.4 Å². The molecule has 56 heavy (non-hydrogen) atoms. The Kier molecular flexibility index (Phi) is 11.1. The van der Waals surface area contributed by atoms with E-state index in [1.165, 1.54) is 13.4 Å². The highest BCUT2D eigenvalue weighted by Gasteiger charge is 2.48. The highest BCUT2D eigenvalue weighted by atomic mass is 35.5. The molecule has 1 atom stereocenters. The van der Waals surface area contributed by atoms with E-state index in [4.69, 9.17) is 42.4 Å². The fourth-order valence-corrected chi connectivity index (χ4v) is 8.28. The Morgan fingerprint density at radius 3 is 2.39 bits per heavy atom. The predicted molar refractivity (Wildman–Crippen MR) is 212 cm³/mol. The zero-order valence-corrected chi connectivity index (χ0v) is 33.6. The van der Waals surface area contributed by atoms with Crippen LogP contribution in [0.15, 0.2) is 54.9 Å². The normalized spacial score (nSPS) is 17.7. The smallest absolute Gasteiger partial charge is 0.410 e. The summed E-state index contributed by atoms with van der Waals surface area (Å²) < 4.78 is 17.2. The number of halogens is 2.